The SMILES string of the molecule is CN1c2ccccc2C2(CN(C(C)(C)C)C(=O)/C2=C\Sc2ccccc2)C1O. The van der Waals surface area contributed by atoms with Crippen molar-refractivity contribution in [3.8, 4) is 0 Å². The summed E-state index contributed by atoms with van der Waals surface area (Å²) < 4.78 is 0. The number of aliphatic hydroxyl groups excluding tert-OH is 1. The lowest BCUT2D eigenvalue weighted by Gasteiger charge is -2.35. The van der Waals surface area contributed by atoms with Crippen molar-refractivity contribution < 1.29 is 9.90 Å². The Kier molecular flexibility index (Phi) is 4.55. The minimum atomic E-state index is -0.788. The van der Waals surface area contributed by atoms with Crippen LogP contribution in [0.4, 0.5) is 5.69 Å². The molecular weight excluding hydrogens is 368 g/mol. The number of nitrogens with zero attached hydrogens (tertiary/aromatic N) is 2. The first-order valence-electron chi connectivity index (χ1n) is 9.51. The van der Waals surface area contributed by atoms with E-state index in [4.69, 9.17) is 0 Å². The lowest BCUT2D eigenvalue weighted by molar-refractivity contribution is -0.128. The molecule has 0 radical (unpaired) electrons. The van der Waals surface area contributed by atoms with Crippen molar-refractivity contribution >= 4 is 23.4 Å². The summed E-state index contributed by atoms with van der Waals surface area (Å²) in [6, 6.07) is 18.0. The van der Waals surface area contributed by atoms with Crippen molar-refractivity contribution in [1.29, 1.82) is 0 Å². The van der Waals surface area contributed by atoms with Crippen molar-refractivity contribution in [3.63, 3.8) is 0 Å². The largest absolute Gasteiger partial charge is 0.372 e. The van der Waals surface area contributed by atoms with Crippen LogP contribution in [-0.2, 0) is 10.2 Å². The van der Waals surface area contributed by atoms with Gasteiger partial charge in [0.15, 0.2) is 0 Å². The molecule has 2 aromatic rings. The number of thioether (sulfide) groups is 1. The van der Waals surface area contributed by atoms with Crippen molar-refractivity contribution in [2.75, 3.05) is 18.5 Å². The summed E-state index contributed by atoms with van der Waals surface area (Å²) in [7, 11) is 1.89. The molecule has 0 aliphatic carbocycles. The molecule has 2 unspecified atom stereocenters. The summed E-state index contributed by atoms with van der Waals surface area (Å²) in [4.78, 5) is 18.4. The first kappa shape index (κ1) is 19.1. The standard InChI is InChI=1S/C23H26N2O2S/c1-22(2,3)25-15-23(17-12-8-9-13-19(17)24(4)21(23)27)18(20(25)26)14-28-16-10-6-5-7-11-16/h5-14,21,27H,15H2,1-4H3/b18-14+. The van der Waals surface area contributed by atoms with Crippen LogP contribution < -0.4 is 4.90 Å². The van der Waals surface area contributed by atoms with E-state index in [1.807, 2.05) is 97.6 Å². The fourth-order valence-corrected chi connectivity index (χ4v) is 5.16. The molecule has 1 spiro atoms. The lowest BCUT2D eigenvalue weighted by atomic mass is 9.77. The van der Waals surface area contributed by atoms with Crippen LogP contribution in [0, 0.1) is 0 Å². The number of hydrogen-bond donors (Lipinski definition) is 1. The van der Waals surface area contributed by atoms with Crippen molar-refractivity contribution in [1.82, 2.24) is 4.90 Å². The topological polar surface area (TPSA) is 43.8 Å². The van der Waals surface area contributed by atoms with E-state index < -0.39 is 11.6 Å². The number of likely N-dealkylation sites (N-methyl/N-ethyl adjacent to an activating group) is 1. The molecule has 0 saturated carbocycles. The number of benzene rings is 2. The molecule has 2 aromatic carbocycles. The molecule has 1 amide bonds. The van der Waals surface area contributed by atoms with Crippen LogP contribution in [0.15, 0.2) is 70.5 Å². The van der Waals surface area contributed by atoms with Crippen LogP contribution in [0.5, 0.6) is 0 Å². The number of rotatable bonds is 2. The Balaban J connectivity index is 1.87. The lowest BCUT2D eigenvalue weighted by Crippen LogP contribution is -2.48. The average molecular weight is 395 g/mol. The number of anilines is 1. The number of aliphatic hydroxyl groups is 1. The minimum Gasteiger partial charge on any atom is -0.372 e. The Bertz CT molecular complexity index is 935. The highest BCUT2D eigenvalue weighted by atomic mass is 32.2. The van der Waals surface area contributed by atoms with Crippen LogP contribution in [-0.4, -0.2) is 41.3 Å². The van der Waals surface area contributed by atoms with Gasteiger partial charge in [-0.3, -0.25) is 4.79 Å². The molecule has 1 fully saturated rings. The first-order valence-corrected chi connectivity index (χ1v) is 10.4. The van der Waals surface area contributed by atoms with Crippen LogP contribution in [0.2, 0.25) is 0 Å². The third-order valence-electron chi connectivity index (χ3n) is 5.80. The summed E-state index contributed by atoms with van der Waals surface area (Å²) >= 11 is 1.53. The van der Waals surface area contributed by atoms with Gasteiger partial charge < -0.3 is 14.9 Å². The number of fused-ring (bicyclic) bond motifs is 2. The molecule has 2 atom stereocenters. The molecular formula is C23H26N2O2S. The number of amides is 1. The highest BCUT2D eigenvalue weighted by molar-refractivity contribution is 8.02. The van der Waals surface area contributed by atoms with Crippen LogP contribution in [0.25, 0.3) is 0 Å². The zero-order chi connectivity index (χ0) is 20.1. The van der Waals surface area contributed by atoms with Crippen molar-refractivity contribution in [3.05, 3.63) is 71.1 Å². The Labute approximate surface area is 170 Å². The second kappa shape index (κ2) is 6.68. The number of para-hydroxylation sites is 1. The van der Waals surface area contributed by atoms with E-state index in [-0.39, 0.29) is 11.4 Å². The molecule has 28 heavy (non-hydrogen) atoms. The normalized spacial score (nSPS) is 25.8. The van der Waals surface area contributed by atoms with E-state index in [1.54, 1.807) is 0 Å². The van der Waals surface area contributed by atoms with E-state index in [1.165, 1.54) is 11.8 Å². The molecule has 2 heterocycles. The number of likely N-dealkylation sites (tertiary alicyclic amines) is 1. The van der Waals surface area contributed by atoms with Gasteiger partial charge in [-0.15, -0.1) is 0 Å². The predicted molar refractivity (Wildman–Crippen MR) is 114 cm³/mol. The predicted octanol–water partition coefficient (Wildman–Crippen LogP) is 4.01. The van der Waals surface area contributed by atoms with Gasteiger partial charge in [-0.2, -0.15) is 0 Å². The minimum absolute atomic E-state index is 0.0000779. The number of carbonyl (C=O) groups excluding carboxylic acids is 1. The molecule has 1 N–H and O–H groups in total. The van der Waals surface area contributed by atoms with E-state index in [0.717, 1.165) is 16.1 Å². The maximum Gasteiger partial charge on any atom is 0.251 e. The smallest absolute Gasteiger partial charge is 0.251 e. The van der Waals surface area contributed by atoms with Gasteiger partial charge in [0.05, 0.1) is 5.41 Å². The van der Waals surface area contributed by atoms with Gasteiger partial charge in [0.2, 0.25) is 0 Å². The van der Waals surface area contributed by atoms with Gasteiger partial charge in [-0.25, -0.2) is 0 Å². The molecule has 0 aromatic heterocycles. The maximum atomic E-state index is 13.5. The molecule has 4 rings (SSSR count). The van der Waals surface area contributed by atoms with Gasteiger partial charge in [0.1, 0.15) is 6.23 Å². The molecule has 2 aliphatic heterocycles. The summed E-state index contributed by atoms with van der Waals surface area (Å²) in [5, 5.41) is 13.3. The fourth-order valence-electron chi connectivity index (χ4n) is 4.28. The average Bonchev–Trinajstić information content (AvgIpc) is 3.09. The summed E-state index contributed by atoms with van der Waals surface area (Å²) in [5.41, 5.74) is 1.59. The third-order valence-corrected chi connectivity index (χ3v) is 6.70. The highest BCUT2D eigenvalue weighted by Crippen LogP contribution is 2.53. The molecule has 5 heteroatoms. The molecule has 4 nitrogen and oxygen atoms in total. The fraction of sp³-hybridized carbons (Fsp3) is 0.348. The van der Waals surface area contributed by atoms with Gasteiger partial charge in [0.25, 0.3) is 5.91 Å². The summed E-state index contributed by atoms with van der Waals surface area (Å²) in [6.07, 6.45) is -0.788. The van der Waals surface area contributed by atoms with Crippen molar-refractivity contribution in [2.24, 2.45) is 0 Å². The maximum absolute atomic E-state index is 13.5. The van der Waals surface area contributed by atoms with Crippen LogP contribution >= 0.6 is 11.8 Å². The molecule has 0 bridgehead atoms. The zero-order valence-corrected chi connectivity index (χ0v) is 17.5. The summed E-state index contributed by atoms with van der Waals surface area (Å²) in [6.45, 7) is 6.60. The Hall–Kier alpha value is -2.24. The van der Waals surface area contributed by atoms with E-state index in [9.17, 15) is 9.90 Å². The second-order valence-corrected chi connectivity index (χ2v) is 9.44. The first-order chi connectivity index (χ1) is 13.3. The van der Waals surface area contributed by atoms with Crippen molar-refractivity contribution in [2.45, 2.75) is 42.8 Å². The molecule has 146 valence electrons. The summed E-state index contributed by atoms with van der Waals surface area (Å²) in [5.74, 6) is 0.0000779. The van der Waals surface area contributed by atoms with Crippen LogP contribution in [0.3, 0.4) is 0 Å². The third kappa shape index (κ3) is 2.76. The monoisotopic (exact) mass is 394 g/mol. The van der Waals surface area contributed by atoms with Gasteiger partial charge in [0, 0.05) is 35.3 Å². The Morgan fingerprint density at radius 2 is 1.75 bits per heavy atom. The molecule has 2 aliphatic rings. The zero-order valence-electron chi connectivity index (χ0n) is 16.7. The molecule has 1 saturated heterocycles. The van der Waals surface area contributed by atoms with E-state index >= 15 is 0 Å². The second-order valence-electron chi connectivity index (χ2n) is 8.50. The van der Waals surface area contributed by atoms with Crippen LogP contribution in [0.1, 0.15) is 26.3 Å². The Morgan fingerprint density at radius 3 is 2.43 bits per heavy atom. The highest BCUT2D eigenvalue weighted by Gasteiger charge is 2.60. The van der Waals surface area contributed by atoms with Gasteiger partial charge >= 0.3 is 0 Å². The van der Waals surface area contributed by atoms with Gasteiger partial charge in [-0.05, 0) is 49.9 Å². The van der Waals surface area contributed by atoms with E-state index in [2.05, 4.69) is 0 Å². The van der Waals surface area contributed by atoms with Gasteiger partial charge in [-0.1, -0.05) is 48.2 Å². The number of carbonyl (C=O) groups is 1. The quantitative estimate of drug-likeness (QED) is 0.617. The Morgan fingerprint density at radius 1 is 1.11 bits per heavy atom. The van der Waals surface area contributed by atoms with E-state index in [0.29, 0.717) is 12.1 Å². The number of hydrogen-bond acceptors (Lipinski definition) is 4.